The van der Waals surface area contributed by atoms with E-state index in [4.69, 9.17) is 0 Å². The topological polar surface area (TPSA) is 105 Å². The maximum atomic E-state index is 11.9. The first-order chi connectivity index (χ1) is 11.1. The number of carbonyl (C=O) groups excluding carboxylic acids is 1. The Morgan fingerprint density at radius 3 is 2.87 bits per heavy atom. The number of aromatic nitrogens is 4. The summed E-state index contributed by atoms with van der Waals surface area (Å²) in [5.74, 6) is 0.343. The highest BCUT2D eigenvalue weighted by Crippen LogP contribution is 2.13. The van der Waals surface area contributed by atoms with Crippen LogP contribution in [0.1, 0.15) is 5.56 Å². The SMILES string of the molecule is Cc1ccc(-c2nnn(CC(=O)NCC3CNCC3O)n2)cc1. The molecule has 1 aliphatic heterocycles. The van der Waals surface area contributed by atoms with E-state index in [2.05, 4.69) is 26.0 Å². The van der Waals surface area contributed by atoms with Crippen LogP contribution in [-0.4, -0.2) is 57.0 Å². The molecule has 1 amide bonds. The fourth-order valence-corrected chi connectivity index (χ4v) is 2.49. The first-order valence-corrected chi connectivity index (χ1v) is 7.62. The van der Waals surface area contributed by atoms with Crippen molar-refractivity contribution in [2.75, 3.05) is 19.6 Å². The fraction of sp³-hybridized carbons (Fsp3) is 0.467. The molecule has 1 aliphatic rings. The van der Waals surface area contributed by atoms with Gasteiger partial charge in [-0.05, 0) is 12.1 Å². The van der Waals surface area contributed by atoms with Crippen LogP contribution in [0.15, 0.2) is 24.3 Å². The van der Waals surface area contributed by atoms with Crippen LogP contribution in [0.5, 0.6) is 0 Å². The zero-order valence-corrected chi connectivity index (χ0v) is 12.9. The summed E-state index contributed by atoms with van der Waals surface area (Å²) in [6.07, 6.45) is -0.409. The average Bonchev–Trinajstić information content (AvgIpc) is 3.15. The number of nitrogens with one attached hydrogen (secondary N) is 2. The van der Waals surface area contributed by atoms with Crippen LogP contribution >= 0.6 is 0 Å². The molecule has 2 atom stereocenters. The van der Waals surface area contributed by atoms with E-state index >= 15 is 0 Å². The van der Waals surface area contributed by atoms with Crippen LogP contribution in [0.2, 0.25) is 0 Å². The number of benzene rings is 1. The van der Waals surface area contributed by atoms with Gasteiger partial charge in [0.05, 0.1) is 6.10 Å². The second-order valence-electron chi connectivity index (χ2n) is 5.80. The molecule has 0 spiro atoms. The Morgan fingerprint density at radius 1 is 1.39 bits per heavy atom. The lowest BCUT2D eigenvalue weighted by Crippen LogP contribution is -2.36. The number of β-amino-alcohol motifs (C(OH)–C–C–N with tert-alkyl or cyclic N) is 1. The number of carbonyl (C=O) groups is 1. The number of aryl methyl sites for hydroxylation is 1. The van der Waals surface area contributed by atoms with Crippen molar-refractivity contribution in [3.8, 4) is 11.4 Å². The highest BCUT2D eigenvalue weighted by atomic mass is 16.3. The number of aliphatic hydroxyl groups excluding tert-OH is 1. The number of hydrogen-bond donors (Lipinski definition) is 3. The average molecular weight is 316 g/mol. The van der Waals surface area contributed by atoms with Gasteiger partial charge in [0.2, 0.25) is 11.7 Å². The number of aliphatic hydroxyl groups is 1. The highest BCUT2D eigenvalue weighted by molar-refractivity contribution is 5.75. The van der Waals surface area contributed by atoms with Gasteiger partial charge in [0.25, 0.3) is 0 Å². The lowest BCUT2D eigenvalue weighted by atomic mass is 10.1. The van der Waals surface area contributed by atoms with Crippen LogP contribution in [-0.2, 0) is 11.3 Å². The van der Waals surface area contributed by atoms with Gasteiger partial charge >= 0.3 is 0 Å². The molecule has 1 fully saturated rings. The minimum absolute atomic E-state index is 0.00903. The number of hydrogen-bond acceptors (Lipinski definition) is 6. The number of nitrogens with zero attached hydrogens (tertiary/aromatic N) is 4. The summed E-state index contributed by atoms with van der Waals surface area (Å²) < 4.78 is 0. The second kappa shape index (κ2) is 6.84. The molecular weight excluding hydrogens is 296 g/mol. The quantitative estimate of drug-likeness (QED) is 0.677. The largest absolute Gasteiger partial charge is 0.391 e. The summed E-state index contributed by atoms with van der Waals surface area (Å²) in [6.45, 7) is 3.74. The van der Waals surface area contributed by atoms with Crippen LogP contribution in [0, 0.1) is 12.8 Å². The molecule has 0 aliphatic carbocycles. The molecule has 2 heterocycles. The van der Waals surface area contributed by atoms with Gasteiger partial charge in [0.1, 0.15) is 6.54 Å². The molecule has 1 aromatic heterocycles. The van der Waals surface area contributed by atoms with E-state index in [0.717, 1.165) is 11.1 Å². The van der Waals surface area contributed by atoms with Crippen molar-refractivity contribution >= 4 is 5.91 Å². The van der Waals surface area contributed by atoms with Gasteiger partial charge in [-0.1, -0.05) is 29.8 Å². The van der Waals surface area contributed by atoms with E-state index in [0.29, 0.717) is 25.5 Å². The van der Waals surface area contributed by atoms with E-state index in [9.17, 15) is 9.90 Å². The van der Waals surface area contributed by atoms with E-state index in [1.54, 1.807) is 0 Å². The molecular formula is C15H20N6O2. The van der Waals surface area contributed by atoms with Gasteiger partial charge in [0, 0.05) is 31.1 Å². The van der Waals surface area contributed by atoms with Gasteiger partial charge in [-0.25, -0.2) is 0 Å². The molecule has 122 valence electrons. The van der Waals surface area contributed by atoms with E-state index in [-0.39, 0.29) is 18.4 Å². The molecule has 8 nitrogen and oxygen atoms in total. The van der Waals surface area contributed by atoms with Crippen molar-refractivity contribution in [3.63, 3.8) is 0 Å². The normalized spacial score (nSPS) is 20.6. The van der Waals surface area contributed by atoms with Crippen molar-refractivity contribution in [2.45, 2.75) is 19.6 Å². The number of tetrazole rings is 1. The van der Waals surface area contributed by atoms with Crippen LogP contribution in [0.25, 0.3) is 11.4 Å². The van der Waals surface area contributed by atoms with E-state index < -0.39 is 6.10 Å². The molecule has 0 bridgehead atoms. The van der Waals surface area contributed by atoms with Gasteiger partial charge < -0.3 is 15.7 Å². The molecule has 1 saturated heterocycles. The monoisotopic (exact) mass is 316 g/mol. The third-order valence-electron chi connectivity index (χ3n) is 3.91. The van der Waals surface area contributed by atoms with Crippen LogP contribution < -0.4 is 10.6 Å². The van der Waals surface area contributed by atoms with Gasteiger partial charge in [0.15, 0.2) is 0 Å². The number of amides is 1. The summed E-state index contributed by atoms with van der Waals surface area (Å²) >= 11 is 0. The molecule has 1 aromatic carbocycles. The van der Waals surface area contributed by atoms with Crippen molar-refractivity contribution in [1.82, 2.24) is 30.8 Å². The number of rotatable bonds is 5. The van der Waals surface area contributed by atoms with Gasteiger partial charge in [-0.15, -0.1) is 10.2 Å². The van der Waals surface area contributed by atoms with Gasteiger partial charge in [-0.2, -0.15) is 4.80 Å². The van der Waals surface area contributed by atoms with Crippen LogP contribution in [0.4, 0.5) is 0 Å². The lowest BCUT2D eigenvalue weighted by Gasteiger charge is -2.13. The minimum atomic E-state index is -0.409. The Labute approximate surface area is 133 Å². The lowest BCUT2D eigenvalue weighted by molar-refractivity contribution is -0.122. The first kappa shape index (κ1) is 15.6. The Morgan fingerprint density at radius 2 is 2.17 bits per heavy atom. The molecule has 0 radical (unpaired) electrons. The second-order valence-corrected chi connectivity index (χ2v) is 5.80. The van der Waals surface area contributed by atoms with Crippen molar-refractivity contribution < 1.29 is 9.90 Å². The third-order valence-corrected chi connectivity index (χ3v) is 3.91. The Kier molecular flexibility index (Phi) is 4.63. The molecule has 3 N–H and O–H groups in total. The highest BCUT2D eigenvalue weighted by Gasteiger charge is 2.25. The third kappa shape index (κ3) is 3.91. The molecule has 0 saturated carbocycles. The molecule has 2 aromatic rings. The van der Waals surface area contributed by atoms with Crippen molar-refractivity contribution in [2.24, 2.45) is 5.92 Å². The standard InChI is InChI=1S/C15H20N6O2/c1-10-2-4-11(5-3-10)15-18-20-21(19-15)9-14(23)17-7-12-6-16-8-13(12)22/h2-5,12-13,16,22H,6-9H2,1H3,(H,17,23). The van der Waals surface area contributed by atoms with Crippen LogP contribution in [0.3, 0.4) is 0 Å². The fourth-order valence-electron chi connectivity index (χ4n) is 2.49. The zero-order valence-electron chi connectivity index (χ0n) is 12.9. The molecule has 3 rings (SSSR count). The maximum Gasteiger partial charge on any atom is 0.243 e. The van der Waals surface area contributed by atoms with Gasteiger partial charge in [-0.3, -0.25) is 4.79 Å². The smallest absolute Gasteiger partial charge is 0.243 e. The van der Waals surface area contributed by atoms with E-state index in [1.165, 1.54) is 4.80 Å². The predicted molar refractivity (Wildman–Crippen MR) is 83.4 cm³/mol. The molecule has 23 heavy (non-hydrogen) atoms. The zero-order chi connectivity index (χ0) is 16.2. The Hall–Kier alpha value is -2.32. The van der Waals surface area contributed by atoms with E-state index in [1.807, 2.05) is 31.2 Å². The predicted octanol–water partition coefficient (Wildman–Crippen LogP) is -0.655. The minimum Gasteiger partial charge on any atom is -0.391 e. The Balaban J connectivity index is 1.54. The summed E-state index contributed by atoms with van der Waals surface area (Å²) in [6, 6.07) is 7.80. The molecule has 8 heteroatoms. The summed E-state index contributed by atoms with van der Waals surface area (Å²) in [7, 11) is 0. The first-order valence-electron chi connectivity index (χ1n) is 7.62. The summed E-state index contributed by atoms with van der Waals surface area (Å²) in [4.78, 5) is 13.2. The van der Waals surface area contributed by atoms with Crippen molar-refractivity contribution in [3.05, 3.63) is 29.8 Å². The van der Waals surface area contributed by atoms with Crippen molar-refractivity contribution in [1.29, 1.82) is 0 Å². The summed E-state index contributed by atoms with van der Waals surface area (Å²) in [5.41, 5.74) is 2.02. The molecule has 2 unspecified atom stereocenters. The summed E-state index contributed by atoms with van der Waals surface area (Å²) in [5, 5.41) is 27.6. The Bertz CT molecular complexity index is 669. The maximum absolute atomic E-state index is 11.9.